The van der Waals surface area contributed by atoms with E-state index in [1.54, 1.807) is 6.07 Å². The van der Waals surface area contributed by atoms with Crippen LogP contribution in [0.25, 0.3) is 16.6 Å². The van der Waals surface area contributed by atoms with Crippen molar-refractivity contribution in [2.24, 2.45) is 0 Å². The lowest BCUT2D eigenvalue weighted by Crippen LogP contribution is -2.12. The van der Waals surface area contributed by atoms with Crippen LogP contribution < -0.4 is 5.32 Å². The van der Waals surface area contributed by atoms with E-state index in [1.807, 2.05) is 0 Å². The van der Waals surface area contributed by atoms with Crippen LogP contribution in [0.15, 0.2) is 60.9 Å². The second kappa shape index (κ2) is 6.52. The van der Waals surface area contributed by atoms with E-state index in [9.17, 15) is 22.4 Å². The fraction of sp³-hybridized carbons (Fsp3) is 0.0526. The van der Waals surface area contributed by atoms with Crippen LogP contribution >= 0.6 is 0 Å². The summed E-state index contributed by atoms with van der Waals surface area (Å²) in [6, 6.07) is 10.3. The maximum absolute atomic E-state index is 13.2. The van der Waals surface area contributed by atoms with Gasteiger partial charge in [0.2, 0.25) is 0 Å². The number of fused-ring (bicyclic) bond motifs is 1. The SMILES string of the molecule is O=C(Nc1cccc(F)c1)c1cc(-n2ncc3cc(C(F)(F)F)ccc32)c[nH]1. The van der Waals surface area contributed by atoms with Crippen molar-refractivity contribution in [1.82, 2.24) is 14.8 Å². The Bertz CT molecular complexity index is 1180. The largest absolute Gasteiger partial charge is 0.416 e. The molecule has 4 rings (SSSR count). The van der Waals surface area contributed by atoms with E-state index >= 15 is 0 Å². The molecule has 9 heteroatoms. The number of halogens is 4. The summed E-state index contributed by atoms with van der Waals surface area (Å²) in [7, 11) is 0. The van der Waals surface area contributed by atoms with Crippen LogP contribution in [0.4, 0.5) is 23.2 Å². The lowest BCUT2D eigenvalue weighted by molar-refractivity contribution is -0.137. The number of benzene rings is 2. The highest BCUT2D eigenvalue weighted by Crippen LogP contribution is 2.32. The number of nitrogens with zero attached hydrogens (tertiary/aromatic N) is 2. The number of nitrogens with one attached hydrogen (secondary N) is 2. The van der Waals surface area contributed by atoms with Crippen molar-refractivity contribution in [2.75, 3.05) is 5.32 Å². The van der Waals surface area contributed by atoms with Gasteiger partial charge in [-0.2, -0.15) is 18.3 Å². The van der Waals surface area contributed by atoms with E-state index in [4.69, 9.17) is 0 Å². The molecule has 5 nitrogen and oxygen atoms in total. The zero-order chi connectivity index (χ0) is 19.9. The standard InChI is InChI=1S/C19H12F4N4O/c20-13-2-1-3-14(7-13)26-18(28)16-8-15(10-24-16)27-17-5-4-12(19(21,22)23)6-11(17)9-25-27/h1-10,24H,(H,26,28). The molecule has 1 amide bonds. The van der Waals surface area contributed by atoms with Crippen molar-refractivity contribution < 1.29 is 22.4 Å². The lowest BCUT2D eigenvalue weighted by Gasteiger charge is -2.06. The summed E-state index contributed by atoms with van der Waals surface area (Å²) in [5.41, 5.74) is 0.659. The van der Waals surface area contributed by atoms with Gasteiger partial charge in [0.15, 0.2) is 0 Å². The summed E-state index contributed by atoms with van der Waals surface area (Å²) >= 11 is 0. The molecule has 28 heavy (non-hydrogen) atoms. The Morgan fingerprint density at radius 2 is 1.93 bits per heavy atom. The summed E-state index contributed by atoms with van der Waals surface area (Å²) in [6.45, 7) is 0. The van der Waals surface area contributed by atoms with Crippen LogP contribution in [-0.4, -0.2) is 20.7 Å². The van der Waals surface area contributed by atoms with Gasteiger partial charge >= 0.3 is 6.18 Å². The third kappa shape index (κ3) is 3.34. The van der Waals surface area contributed by atoms with Crippen molar-refractivity contribution >= 4 is 22.5 Å². The van der Waals surface area contributed by atoms with Crippen molar-refractivity contribution in [3.05, 3.63) is 78.0 Å². The van der Waals surface area contributed by atoms with Crippen LogP contribution in [0.3, 0.4) is 0 Å². The summed E-state index contributed by atoms with van der Waals surface area (Å²) in [4.78, 5) is 15.1. The monoisotopic (exact) mass is 388 g/mol. The lowest BCUT2D eigenvalue weighted by atomic mass is 10.1. The summed E-state index contributed by atoms with van der Waals surface area (Å²) in [6.07, 6.45) is -1.61. The minimum absolute atomic E-state index is 0.190. The van der Waals surface area contributed by atoms with Gasteiger partial charge in [-0.1, -0.05) is 6.07 Å². The molecule has 0 aliphatic rings. The molecule has 2 N–H and O–H groups in total. The molecule has 0 radical (unpaired) electrons. The van der Waals surface area contributed by atoms with Gasteiger partial charge in [-0.05, 0) is 42.5 Å². The highest BCUT2D eigenvalue weighted by Gasteiger charge is 2.30. The second-order valence-corrected chi connectivity index (χ2v) is 6.06. The minimum atomic E-state index is -4.44. The number of amides is 1. The topological polar surface area (TPSA) is 62.7 Å². The maximum atomic E-state index is 13.2. The number of alkyl halides is 3. The number of anilines is 1. The van der Waals surface area contributed by atoms with Gasteiger partial charge < -0.3 is 10.3 Å². The number of aromatic nitrogens is 3. The van der Waals surface area contributed by atoms with E-state index in [0.717, 1.165) is 12.1 Å². The predicted octanol–water partition coefficient (Wildman–Crippen LogP) is 4.76. The molecule has 2 aromatic heterocycles. The van der Waals surface area contributed by atoms with Crippen molar-refractivity contribution in [1.29, 1.82) is 0 Å². The van der Waals surface area contributed by atoms with Crippen LogP contribution in [0.5, 0.6) is 0 Å². The third-order valence-electron chi connectivity index (χ3n) is 4.13. The molecule has 0 aliphatic carbocycles. The summed E-state index contributed by atoms with van der Waals surface area (Å²) in [5, 5.41) is 6.98. The van der Waals surface area contributed by atoms with Crippen molar-refractivity contribution in [3.8, 4) is 5.69 Å². The van der Waals surface area contributed by atoms with E-state index in [0.29, 0.717) is 22.3 Å². The average molecular weight is 388 g/mol. The Hall–Kier alpha value is -3.62. The molecule has 0 atom stereocenters. The van der Waals surface area contributed by atoms with Gasteiger partial charge in [0.25, 0.3) is 5.91 Å². The number of H-pyrrole nitrogens is 1. The first-order chi connectivity index (χ1) is 13.3. The first kappa shape index (κ1) is 17.8. The quantitative estimate of drug-likeness (QED) is 0.497. The Morgan fingerprint density at radius 3 is 2.68 bits per heavy atom. The Morgan fingerprint density at radius 1 is 1.11 bits per heavy atom. The van der Waals surface area contributed by atoms with Gasteiger partial charge in [0, 0.05) is 17.3 Å². The molecule has 2 aromatic carbocycles. The zero-order valence-electron chi connectivity index (χ0n) is 14.1. The molecule has 0 bridgehead atoms. The number of carbonyl (C=O) groups is 1. The normalized spacial score (nSPS) is 11.7. The Balaban J connectivity index is 1.61. The van der Waals surface area contributed by atoms with E-state index < -0.39 is 23.5 Å². The summed E-state index contributed by atoms with van der Waals surface area (Å²) < 4.78 is 53.2. The first-order valence-corrected chi connectivity index (χ1v) is 8.12. The van der Waals surface area contributed by atoms with Crippen LogP contribution in [0.1, 0.15) is 16.1 Å². The number of rotatable bonds is 3. The van der Waals surface area contributed by atoms with Crippen LogP contribution in [0, 0.1) is 5.82 Å². The minimum Gasteiger partial charge on any atom is -0.355 e. The third-order valence-corrected chi connectivity index (χ3v) is 4.13. The van der Waals surface area contributed by atoms with Gasteiger partial charge in [0.1, 0.15) is 11.5 Å². The highest BCUT2D eigenvalue weighted by atomic mass is 19.4. The number of aromatic amines is 1. The molecular weight excluding hydrogens is 376 g/mol. The molecule has 0 saturated carbocycles. The second-order valence-electron chi connectivity index (χ2n) is 6.06. The zero-order valence-corrected chi connectivity index (χ0v) is 14.1. The Kier molecular flexibility index (Phi) is 4.14. The van der Waals surface area contributed by atoms with Crippen LogP contribution in [0.2, 0.25) is 0 Å². The number of carbonyl (C=O) groups excluding carboxylic acids is 1. The number of hydrogen-bond donors (Lipinski definition) is 2. The van der Waals surface area contributed by atoms with Gasteiger partial charge in [-0.25, -0.2) is 9.07 Å². The van der Waals surface area contributed by atoms with Gasteiger partial charge in [-0.3, -0.25) is 4.79 Å². The molecule has 4 aromatic rings. The molecule has 0 spiro atoms. The predicted molar refractivity (Wildman–Crippen MR) is 94.8 cm³/mol. The van der Waals surface area contributed by atoms with E-state index in [-0.39, 0.29) is 5.69 Å². The van der Waals surface area contributed by atoms with Crippen molar-refractivity contribution in [3.63, 3.8) is 0 Å². The molecule has 142 valence electrons. The Labute approximate surface area is 155 Å². The average Bonchev–Trinajstić information content (AvgIpc) is 3.27. The highest BCUT2D eigenvalue weighted by molar-refractivity contribution is 6.03. The molecule has 0 aliphatic heterocycles. The van der Waals surface area contributed by atoms with Crippen molar-refractivity contribution in [2.45, 2.75) is 6.18 Å². The molecule has 2 heterocycles. The van der Waals surface area contributed by atoms with Gasteiger partial charge in [-0.15, -0.1) is 0 Å². The molecule has 0 saturated heterocycles. The first-order valence-electron chi connectivity index (χ1n) is 8.12. The van der Waals surface area contributed by atoms with E-state index in [2.05, 4.69) is 15.4 Å². The van der Waals surface area contributed by atoms with Crippen LogP contribution in [-0.2, 0) is 6.18 Å². The molecular formula is C19H12F4N4O. The number of hydrogen-bond acceptors (Lipinski definition) is 2. The van der Waals surface area contributed by atoms with Gasteiger partial charge in [0.05, 0.1) is 23.0 Å². The fourth-order valence-electron chi connectivity index (χ4n) is 2.82. The summed E-state index contributed by atoms with van der Waals surface area (Å²) in [5.74, 6) is -0.973. The molecule has 0 fully saturated rings. The maximum Gasteiger partial charge on any atom is 0.416 e. The smallest absolute Gasteiger partial charge is 0.355 e. The van der Waals surface area contributed by atoms with E-state index in [1.165, 1.54) is 47.4 Å². The molecule has 0 unspecified atom stereocenters. The fourth-order valence-corrected chi connectivity index (χ4v) is 2.82.